The Balaban J connectivity index is 1.56. The summed E-state index contributed by atoms with van der Waals surface area (Å²) < 4.78 is 0. The van der Waals surface area contributed by atoms with Gasteiger partial charge in [0, 0.05) is 30.9 Å². The van der Waals surface area contributed by atoms with Gasteiger partial charge in [0.25, 0.3) is 5.91 Å². The van der Waals surface area contributed by atoms with Crippen molar-refractivity contribution in [1.82, 2.24) is 15.5 Å². The summed E-state index contributed by atoms with van der Waals surface area (Å²) in [6, 6.07) is 12.8. The normalized spacial score (nSPS) is 13.1. The largest absolute Gasteiger partial charge is 0.355 e. The van der Waals surface area contributed by atoms with Gasteiger partial charge in [0.1, 0.15) is 0 Å². The van der Waals surface area contributed by atoms with Gasteiger partial charge in [-0.2, -0.15) is 0 Å². The first kappa shape index (κ1) is 21.5. The van der Waals surface area contributed by atoms with Gasteiger partial charge < -0.3 is 10.6 Å². The second-order valence-corrected chi connectivity index (χ2v) is 7.66. The van der Waals surface area contributed by atoms with Crippen molar-refractivity contribution < 1.29 is 14.4 Å². The topological polar surface area (TPSA) is 90.5 Å². The summed E-state index contributed by atoms with van der Waals surface area (Å²) in [5.41, 5.74) is 4.35. The monoisotopic (exact) mass is 408 g/mol. The lowest BCUT2D eigenvalue weighted by molar-refractivity contribution is -0.121. The molecular formula is C23H28N4O3. The Morgan fingerprint density at radius 3 is 2.37 bits per heavy atom. The first-order chi connectivity index (χ1) is 14.4. The standard InChI is InChI=1S/C23H28N4O3/c1-15-5-4-6-20(16(15)2)25-23(30)26-21(28)14-27(19-11-12-19)13-17-7-9-18(10-8-17)22(29)24-3/h4-10,19H,11-14H2,1-3H3,(H,24,29)(H2,25,26,28,30). The molecular weight excluding hydrogens is 380 g/mol. The molecule has 2 aromatic rings. The molecule has 0 spiro atoms. The van der Waals surface area contributed by atoms with E-state index in [4.69, 9.17) is 0 Å². The lowest BCUT2D eigenvalue weighted by Crippen LogP contribution is -2.42. The molecule has 3 N–H and O–H groups in total. The minimum atomic E-state index is -0.528. The lowest BCUT2D eigenvalue weighted by Gasteiger charge is -2.21. The molecule has 0 saturated heterocycles. The predicted octanol–water partition coefficient (Wildman–Crippen LogP) is 2.98. The molecule has 2 aromatic carbocycles. The Labute approximate surface area is 176 Å². The molecule has 1 fully saturated rings. The average Bonchev–Trinajstić information content (AvgIpc) is 3.56. The maximum atomic E-state index is 12.4. The van der Waals surface area contributed by atoms with Crippen molar-refractivity contribution >= 4 is 23.5 Å². The first-order valence-electron chi connectivity index (χ1n) is 10.1. The van der Waals surface area contributed by atoms with Crippen molar-refractivity contribution in [2.45, 2.75) is 39.3 Å². The van der Waals surface area contributed by atoms with Crippen LogP contribution in [0.15, 0.2) is 42.5 Å². The van der Waals surface area contributed by atoms with E-state index in [0.717, 1.165) is 29.5 Å². The van der Waals surface area contributed by atoms with Gasteiger partial charge in [-0.3, -0.25) is 19.8 Å². The fraction of sp³-hybridized carbons (Fsp3) is 0.348. The summed E-state index contributed by atoms with van der Waals surface area (Å²) in [4.78, 5) is 38.4. The third-order valence-electron chi connectivity index (χ3n) is 5.34. The quantitative estimate of drug-likeness (QED) is 0.657. The number of nitrogens with one attached hydrogen (secondary N) is 3. The second kappa shape index (κ2) is 9.54. The van der Waals surface area contributed by atoms with Gasteiger partial charge in [0.15, 0.2) is 0 Å². The van der Waals surface area contributed by atoms with Crippen molar-refractivity contribution in [2.75, 3.05) is 18.9 Å². The van der Waals surface area contributed by atoms with Gasteiger partial charge in [-0.15, -0.1) is 0 Å². The molecule has 0 unspecified atom stereocenters. The minimum Gasteiger partial charge on any atom is -0.355 e. The molecule has 158 valence electrons. The van der Waals surface area contributed by atoms with E-state index in [1.54, 1.807) is 19.2 Å². The second-order valence-electron chi connectivity index (χ2n) is 7.66. The summed E-state index contributed by atoms with van der Waals surface area (Å²) in [6.07, 6.45) is 2.08. The van der Waals surface area contributed by atoms with E-state index < -0.39 is 6.03 Å². The highest BCUT2D eigenvalue weighted by Gasteiger charge is 2.30. The number of hydrogen-bond donors (Lipinski definition) is 3. The number of carbonyl (C=O) groups excluding carboxylic acids is 3. The Bertz CT molecular complexity index is 936. The maximum absolute atomic E-state index is 12.4. The summed E-state index contributed by atoms with van der Waals surface area (Å²) in [5.74, 6) is -0.471. The summed E-state index contributed by atoms with van der Waals surface area (Å²) in [7, 11) is 1.60. The van der Waals surface area contributed by atoms with Crippen molar-refractivity contribution in [3.63, 3.8) is 0 Å². The number of urea groups is 1. The highest BCUT2D eigenvalue weighted by Crippen LogP contribution is 2.28. The number of rotatable bonds is 7. The minimum absolute atomic E-state index is 0.130. The highest BCUT2D eigenvalue weighted by atomic mass is 16.2. The number of anilines is 1. The zero-order valence-corrected chi connectivity index (χ0v) is 17.6. The van der Waals surface area contributed by atoms with Crippen LogP contribution in [0.1, 0.15) is 39.9 Å². The number of amides is 4. The zero-order valence-electron chi connectivity index (χ0n) is 17.6. The van der Waals surface area contributed by atoms with E-state index in [9.17, 15) is 14.4 Å². The van der Waals surface area contributed by atoms with Gasteiger partial charge in [-0.1, -0.05) is 24.3 Å². The van der Waals surface area contributed by atoms with Crippen LogP contribution in [0.3, 0.4) is 0 Å². The summed E-state index contributed by atoms with van der Waals surface area (Å²) >= 11 is 0. The molecule has 1 aliphatic rings. The lowest BCUT2D eigenvalue weighted by atomic mass is 10.1. The van der Waals surface area contributed by atoms with Gasteiger partial charge in [-0.05, 0) is 61.6 Å². The van der Waals surface area contributed by atoms with E-state index in [1.807, 2.05) is 44.2 Å². The van der Waals surface area contributed by atoms with Crippen LogP contribution in [-0.4, -0.2) is 42.4 Å². The summed E-state index contributed by atoms with van der Waals surface area (Å²) in [5, 5.41) is 7.76. The fourth-order valence-electron chi connectivity index (χ4n) is 3.28. The SMILES string of the molecule is CNC(=O)c1ccc(CN(CC(=O)NC(=O)Nc2cccc(C)c2C)C2CC2)cc1. The number of nitrogens with zero attached hydrogens (tertiary/aromatic N) is 1. The van der Waals surface area contributed by atoms with Crippen LogP contribution < -0.4 is 16.0 Å². The molecule has 7 nitrogen and oxygen atoms in total. The van der Waals surface area contributed by atoms with Crippen molar-refractivity contribution in [3.05, 3.63) is 64.7 Å². The molecule has 0 aliphatic heterocycles. The molecule has 0 atom stereocenters. The van der Waals surface area contributed by atoms with Crippen LogP contribution in [0.2, 0.25) is 0 Å². The predicted molar refractivity (Wildman–Crippen MR) is 116 cm³/mol. The van der Waals surface area contributed by atoms with E-state index in [2.05, 4.69) is 20.9 Å². The van der Waals surface area contributed by atoms with Crippen molar-refractivity contribution in [1.29, 1.82) is 0 Å². The molecule has 3 rings (SSSR count). The van der Waals surface area contributed by atoms with Crippen molar-refractivity contribution in [3.8, 4) is 0 Å². The molecule has 0 heterocycles. The van der Waals surface area contributed by atoms with E-state index >= 15 is 0 Å². The Kier molecular flexibility index (Phi) is 6.84. The van der Waals surface area contributed by atoms with Gasteiger partial charge in [0.2, 0.25) is 5.91 Å². The van der Waals surface area contributed by atoms with Crippen LogP contribution in [0.25, 0.3) is 0 Å². The van der Waals surface area contributed by atoms with Crippen LogP contribution in [0, 0.1) is 13.8 Å². The smallest absolute Gasteiger partial charge is 0.325 e. The number of benzene rings is 2. The Hall–Kier alpha value is -3.19. The van der Waals surface area contributed by atoms with Crippen LogP contribution in [-0.2, 0) is 11.3 Å². The molecule has 0 aromatic heterocycles. The van der Waals surface area contributed by atoms with E-state index in [0.29, 0.717) is 23.8 Å². The maximum Gasteiger partial charge on any atom is 0.325 e. The fourth-order valence-corrected chi connectivity index (χ4v) is 3.28. The number of imide groups is 1. The van der Waals surface area contributed by atoms with E-state index in [1.165, 1.54) is 0 Å². The number of hydrogen-bond acceptors (Lipinski definition) is 4. The van der Waals surface area contributed by atoms with Crippen molar-refractivity contribution in [2.24, 2.45) is 0 Å². The third-order valence-corrected chi connectivity index (χ3v) is 5.34. The summed E-state index contributed by atoms with van der Waals surface area (Å²) in [6.45, 7) is 4.63. The third kappa shape index (κ3) is 5.67. The number of carbonyl (C=O) groups is 3. The van der Waals surface area contributed by atoms with Crippen LogP contribution in [0.4, 0.5) is 10.5 Å². The molecule has 30 heavy (non-hydrogen) atoms. The van der Waals surface area contributed by atoms with Gasteiger partial charge in [-0.25, -0.2) is 4.79 Å². The number of aryl methyl sites for hydroxylation is 1. The molecule has 0 radical (unpaired) electrons. The average molecular weight is 409 g/mol. The molecule has 1 aliphatic carbocycles. The molecule has 0 bridgehead atoms. The van der Waals surface area contributed by atoms with Gasteiger partial charge >= 0.3 is 6.03 Å². The zero-order chi connectivity index (χ0) is 21.7. The Morgan fingerprint density at radius 1 is 1.03 bits per heavy atom. The highest BCUT2D eigenvalue weighted by molar-refractivity contribution is 6.02. The Morgan fingerprint density at radius 2 is 1.73 bits per heavy atom. The van der Waals surface area contributed by atoms with Crippen LogP contribution in [0.5, 0.6) is 0 Å². The van der Waals surface area contributed by atoms with Gasteiger partial charge in [0.05, 0.1) is 6.54 Å². The molecule has 1 saturated carbocycles. The molecule has 7 heteroatoms. The van der Waals surface area contributed by atoms with Crippen LogP contribution >= 0.6 is 0 Å². The van der Waals surface area contributed by atoms with E-state index in [-0.39, 0.29) is 18.4 Å². The molecule has 4 amide bonds. The first-order valence-corrected chi connectivity index (χ1v) is 10.1.